The average molecular weight is 267 g/mol. The van der Waals surface area contributed by atoms with Crippen LogP contribution in [-0.4, -0.2) is 36.3 Å². The lowest BCUT2D eigenvalue weighted by Gasteiger charge is -2.11. The highest BCUT2D eigenvalue weighted by Crippen LogP contribution is 2.13. The molecule has 0 unspecified atom stereocenters. The number of aromatic nitrogens is 2. The fraction of sp³-hybridized carbons (Fsp3) is 0.714. The Hall–Kier alpha value is -1.36. The van der Waals surface area contributed by atoms with E-state index in [2.05, 4.69) is 15.3 Å². The number of aryl methyl sites for hydroxylation is 1. The lowest BCUT2D eigenvalue weighted by Crippen LogP contribution is -2.11. The fourth-order valence-electron chi connectivity index (χ4n) is 1.67. The highest BCUT2D eigenvalue weighted by molar-refractivity contribution is 5.30. The molecule has 108 valence electrons. The lowest BCUT2D eigenvalue weighted by atomic mass is 10.2. The summed E-state index contributed by atoms with van der Waals surface area (Å²) in [6, 6.07) is 1.85. The van der Waals surface area contributed by atoms with Gasteiger partial charge in [0, 0.05) is 32.0 Å². The van der Waals surface area contributed by atoms with Crippen LogP contribution in [0.1, 0.15) is 38.8 Å². The summed E-state index contributed by atoms with van der Waals surface area (Å²) >= 11 is 0. The van der Waals surface area contributed by atoms with Gasteiger partial charge >= 0.3 is 0 Å². The fourth-order valence-corrected chi connectivity index (χ4v) is 1.67. The SMILES string of the molecule is COCCCCCNc1nc(C)cc(OC(C)C)n1. The van der Waals surface area contributed by atoms with Crippen molar-refractivity contribution < 1.29 is 9.47 Å². The van der Waals surface area contributed by atoms with E-state index in [1.165, 1.54) is 0 Å². The zero-order valence-electron chi connectivity index (χ0n) is 12.4. The zero-order chi connectivity index (χ0) is 14.1. The van der Waals surface area contributed by atoms with Crippen LogP contribution in [0.5, 0.6) is 5.88 Å². The molecule has 1 aromatic rings. The molecule has 0 fully saturated rings. The molecule has 0 saturated heterocycles. The van der Waals surface area contributed by atoms with Crippen LogP contribution < -0.4 is 10.1 Å². The monoisotopic (exact) mass is 267 g/mol. The van der Waals surface area contributed by atoms with Crippen LogP contribution in [0, 0.1) is 6.92 Å². The molecule has 0 saturated carbocycles. The molecule has 1 N–H and O–H groups in total. The normalized spacial score (nSPS) is 10.8. The van der Waals surface area contributed by atoms with Gasteiger partial charge in [-0.2, -0.15) is 4.98 Å². The molecule has 0 radical (unpaired) electrons. The van der Waals surface area contributed by atoms with Crippen LogP contribution in [-0.2, 0) is 4.74 Å². The van der Waals surface area contributed by atoms with Gasteiger partial charge in [-0.15, -0.1) is 0 Å². The van der Waals surface area contributed by atoms with E-state index in [0.717, 1.165) is 38.1 Å². The third kappa shape index (κ3) is 6.96. The van der Waals surface area contributed by atoms with E-state index in [1.54, 1.807) is 7.11 Å². The minimum Gasteiger partial charge on any atom is -0.475 e. The van der Waals surface area contributed by atoms with Gasteiger partial charge in [0.2, 0.25) is 11.8 Å². The molecular formula is C14H25N3O2. The molecule has 0 aromatic carbocycles. The number of nitrogens with one attached hydrogen (secondary N) is 1. The average Bonchev–Trinajstić information content (AvgIpc) is 2.32. The minimum atomic E-state index is 0.121. The van der Waals surface area contributed by atoms with Gasteiger partial charge in [-0.25, -0.2) is 4.98 Å². The van der Waals surface area contributed by atoms with Crippen LogP contribution >= 0.6 is 0 Å². The van der Waals surface area contributed by atoms with Crippen LogP contribution in [0.3, 0.4) is 0 Å². The van der Waals surface area contributed by atoms with E-state index < -0.39 is 0 Å². The second kappa shape index (κ2) is 8.69. The van der Waals surface area contributed by atoms with Crippen molar-refractivity contribution in [2.75, 3.05) is 25.6 Å². The zero-order valence-corrected chi connectivity index (χ0v) is 12.4. The van der Waals surface area contributed by atoms with Gasteiger partial charge in [0.05, 0.1) is 6.10 Å². The number of methoxy groups -OCH3 is 1. The van der Waals surface area contributed by atoms with E-state index in [4.69, 9.17) is 9.47 Å². The van der Waals surface area contributed by atoms with Crippen molar-refractivity contribution in [1.29, 1.82) is 0 Å². The Bertz CT molecular complexity index is 370. The molecule has 5 heteroatoms. The van der Waals surface area contributed by atoms with Gasteiger partial charge in [-0.1, -0.05) is 0 Å². The standard InChI is InChI=1S/C14H25N3O2/c1-11(2)19-13-10-12(3)16-14(17-13)15-8-6-5-7-9-18-4/h10-11H,5-9H2,1-4H3,(H,15,16,17). The van der Waals surface area contributed by atoms with E-state index in [-0.39, 0.29) is 6.10 Å². The number of hydrogen-bond acceptors (Lipinski definition) is 5. The quantitative estimate of drug-likeness (QED) is 0.697. The Labute approximate surface area is 115 Å². The van der Waals surface area contributed by atoms with Crippen molar-refractivity contribution in [3.8, 4) is 5.88 Å². The first-order chi connectivity index (χ1) is 9.11. The maximum absolute atomic E-state index is 5.59. The first-order valence-corrected chi connectivity index (χ1v) is 6.87. The Kier molecular flexibility index (Phi) is 7.18. The number of unbranched alkanes of at least 4 members (excludes halogenated alkanes) is 2. The van der Waals surface area contributed by atoms with E-state index in [9.17, 15) is 0 Å². The number of nitrogens with zero attached hydrogens (tertiary/aromatic N) is 2. The molecule has 1 rings (SSSR count). The largest absolute Gasteiger partial charge is 0.475 e. The van der Waals surface area contributed by atoms with Gasteiger partial charge in [0.15, 0.2) is 0 Å². The van der Waals surface area contributed by atoms with Crippen molar-refractivity contribution >= 4 is 5.95 Å². The summed E-state index contributed by atoms with van der Waals surface area (Å²) in [6.45, 7) is 7.61. The molecule has 0 atom stereocenters. The predicted molar refractivity (Wildman–Crippen MR) is 76.7 cm³/mol. The third-order valence-electron chi connectivity index (χ3n) is 2.50. The third-order valence-corrected chi connectivity index (χ3v) is 2.50. The molecule has 0 aliphatic carbocycles. The van der Waals surface area contributed by atoms with Crippen LogP contribution in [0.4, 0.5) is 5.95 Å². The first-order valence-electron chi connectivity index (χ1n) is 6.87. The van der Waals surface area contributed by atoms with Crippen LogP contribution in [0.25, 0.3) is 0 Å². The van der Waals surface area contributed by atoms with E-state index in [0.29, 0.717) is 11.8 Å². The van der Waals surface area contributed by atoms with Crippen LogP contribution in [0.15, 0.2) is 6.07 Å². The molecule has 1 aromatic heterocycles. The van der Waals surface area contributed by atoms with Gasteiger partial charge in [-0.05, 0) is 40.0 Å². The van der Waals surface area contributed by atoms with Gasteiger partial charge in [-0.3, -0.25) is 0 Å². The summed E-state index contributed by atoms with van der Waals surface area (Å²) < 4.78 is 10.6. The number of anilines is 1. The molecule has 5 nitrogen and oxygen atoms in total. The van der Waals surface area contributed by atoms with Crippen molar-refractivity contribution in [1.82, 2.24) is 9.97 Å². The second-order valence-corrected chi connectivity index (χ2v) is 4.82. The van der Waals surface area contributed by atoms with Crippen molar-refractivity contribution in [2.45, 2.75) is 46.1 Å². The summed E-state index contributed by atoms with van der Waals surface area (Å²) in [5.74, 6) is 1.27. The topological polar surface area (TPSA) is 56.3 Å². The van der Waals surface area contributed by atoms with E-state index in [1.807, 2.05) is 26.8 Å². The molecular weight excluding hydrogens is 242 g/mol. The Balaban J connectivity index is 2.38. The van der Waals surface area contributed by atoms with E-state index >= 15 is 0 Å². The number of rotatable bonds is 9. The Morgan fingerprint density at radius 3 is 2.68 bits per heavy atom. The van der Waals surface area contributed by atoms with Crippen molar-refractivity contribution in [2.24, 2.45) is 0 Å². The molecule has 0 aliphatic heterocycles. The molecule has 0 aliphatic rings. The molecule has 0 bridgehead atoms. The summed E-state index contributed by atoms with van der Waals surface area (Å²) in [7, 11) is 1.73. The Morgan fingerprint density at radius 2 is 2.00 bits per heavy atom. The molecule has 0 spiro atoms. The summed E-state index contributed by atoms with van der Waals surface area (Å²) in [4.78, 5) is 8.69. The summed E-state index contributed by atoms with van der Waals surface area (Å²) in [5, 5.41) is 3.23. The van der Waals surface area contributed by atoms with Crippen LogP contribution in [0.2, 0.25) is 0 Å². The van der Waals surface area contributed by atoms with Gasteiger partial charge in [0.1, 0.15) is 0 Å². The predicted octanol–water partition coefficient (Wildman–Crippen LogP) is 2.80. The lowest BCUT2D eigenvalue weighted by molar-refractivity contribution is 0.192. The first kappa shape index (κ1) is 15.7. The summed E-state index contributed by atoms with van der Waals surface area (Å²) in [5.41, 5.74) is 0.910. The maximum Gasteiger partial charge on any atom is 0.226 e. The second-order valence-electron chi connectivity index (χ2n) is 4.82. The molecule has 19 heavy (non-hydrogen) atoms. The Morgan fingerprint density at radius 1 is 1.21 bits per heavy atom. The number of hydrogen-bond donors (Lipinski definition) is 1. The highest BCUT2D eigenvalue weighted by Gasteiger charge is 2.04. The van der Waals surface area contributed by atoms with Gasteiger partial charge < -0.3 is 14.8 Å². The van der Waals surface area contributed by atoms with Crippen molar-refractivity contribution in [3.63, 3.8) is 0 Å². The molecule has 1 heterocycles. The minimum absolute atomic E-state index is 0.121. The highest BCUT2D eigenvalue weighted by atomic mass is 16.5. The maximum atomic E-state index is 5.59. The van der Waals surface area contributed by atoms with Crippen molar-refractivity contribution in [3.05, 3.63) is 11.8 Å². The molecule has 0 amide bonds. The van der Waals surface area contributed by atoms with Gasteiger partial charge in [0.25, 0.3) is 0 Å². The number of ether oxygens (including phenoxy) is 2. The smallest absolute Gasteiger partial charge is 0.226 e. The summed E-state index contributed by atoms with van der Waals surface area (Å²) in [6.07, 6.45) is 3.44.